The van der Waals surface area contributed by atoms with E-state index in [1.807, 2.05) is 30.3 Å². The molecule has 3 aromatic carbocycles. The van der Waals surface area contributed by atoms with Gasteiger partial charge in [-0.15, -0.1) is 13.2 Å². The second kappa shape index (κ2) is 15.2. The number of furan rings is 1. The number of carbonyl (C=O) groups is 1. The van der Waals surface area contributed by atoms with Crippen molar-refractivity contribution in [3.8, 4) is 11.5 Å². The van der Waals surface area contributed by atoms with Gasteiger partial charge in [-0.2, -0.15) is 0 Å². The van der Waals surface area contributed by atoms with Gasteiger partial charge in [0.15, 0.2) is 0 Å². The van der Waals surface area contributed by atoms with E-state index < -0.39 is 18.0 Å². The van der Waals surface area contributed by atoms with Gasteiger partial charge in [-0.25, -0.2) is 9.37 Å². The second-order valence-corrected chi connectivity index (χ2v) is 12.4. The van der Waals surface area contributed by atoms with Crippen molar-refractivity contribution in [1.29, 1.82) is 0 Å². The number of carbonyl (C=O) groups excluding carboxylic acids is 1. The molecule has 1 amide bonds. The molecule has 0 radical (unpaired) electrons. The van der Waals surface area contributed by atoms with Crippen molar-refractivity contribution in [2.24, 2.45) is 0 Å². The van der Waals surface area contributed by atoms with Crippen molar-refractivity contribution in [1.82, 2.24) is 19.4 Å². The summed E-state index contributed by atoms with van der Waals surface area (Å²) >= 11 is 0. The average molecular weight is 694 g/mol. The SMILES string of the molecule is COc1ccc(OC(F)(F)F)cc1C(=O)N(C)CC(CCN1CCCN(c2nc3ccccc3n2Cc2ccco2)CC1)c1ccc(F)cc1. The number of benzene rings is 3. The van der Waals surface area contributed by atoms with E-state index in [4.69, 9.17) is 14.1 Å². The molecule has 3 heterocycles. The molecule has 1 aliphatic heterocycles. The highest BCUT2D eigenvalue weighted by Gasteiger charge is 2.32. The fourth-order valence-corrected chi connectivity index (χ4v) is 6.52. The Morgan fingerprint density at radius 1 is 1.00 bits per heavy atom. The molecule has 2 aromatic heterocycles. The number of para-hydroxylation sites is 2. The number of ether oxygens (including phenoxy) is 2. The van der Waals surface area contributed by atoms with Gasteiger partial charge in [0.25, 0.3) is 5.91 Å². The molecule has 0 bridgehead atoms. The van der Waals surface area contributed by atoms with Gasteiger partial charge in [-0.3, -0.25) is 4.79 Å². The van der Waals surface area contributed by atoms with Crippen LogP contribution in [-0.4, -0.2) is 85.0 Å². The molecule has 13 heteroatoms. The number of likely N-dealkylation sites (N-methyl/N-ethyl adjacent to an activating group) is 1. The standard InChI is InChI=1S/C37H39F4N5O4/c1-43(35(47)31-23-29(50-37(39,40)41)14-15-34(31)48-2)24-27(26-10-12-28(38)13-11-26)16-19-44-17-6-18-45(21-20-44)36-42-32-8-3-4-9-33(32)46(36)25-30-7-5-22-49-30/h3-5,7-15,22-23,27H,6,16-21,24-25H2,1-2H3. The molecule has 1 unspecified atom stereocenters. The fraction of sp³-hybridized carbons (Fsp3) is 0.351. The average Bonchev–Trinajstić information content (AvgIpc) is 3.68. The monoisotopic (exact) mass is 693 g/mol. The van der Waals surface area contributed by atoms with Crippen LogP contribution in [0.5, 0.6) is 11.5 Å². The number of amides is 1. The van der Waals surface area contributed by atoms with E-state index in [1.165, 1.54) is 30.2 Å². The highest BCUT2D eigenvalue weighted by molar-refractivity contribution is 5.97. The van der Waals surface area contributed by atoms with Crippen molar-refractivity contribution < 1.29 is 36.2 Å². The molecule has 1 atom stereocenters. The van der Waals surface area contributed by atoms with Crippen LogP contribution < -0.4 is 14.4 Å². The maximum atomic E-state index is 13.9. The van der Waals surface area contributed by atoms with Crippen LogP contribution in [0.3, 0.4) is 0 Å². The topological polar surface area (TPSA) is 76.2 Å². The third-order valence-electron chi connectivity index (χ3n) is 9.01. The van der Waals surface area contributed by atoms with Gasteiger partial charge in [0.2, 0.25) is 5.95 Å². The number of hydrogen-bond acceptors (Lipinski definition) is 7. The summed E-state index contributed by atoms with van der Waals surface area (Å²) < 4.78 is 69.9. The molecule has 264 valence electrons. The summed E-state index contributed by atoms with van der Waals surface area (Å²) in [6.07, 6.45) is -1.66. The van der Waals surface area contributed by atoms with E-state index in [2.05, 4.69) is 25.2 Å². The van der Waals surface area contributed by atoms with E-state index in [1.54, 1.807) is 25.4 Å². The predicted molar refractivity (Wildman–Crippen MR) is 181 cm³/mol. The predicted octanol–water partition coefficient (Wildman–Crippen LogP) is 7.18. The van der Waals surface area contributed by atoms with E-state index in [9.17, 15) is 22.4 Å². The number of hydrogen-bond donors (Lipinski definition) is 0. The van der Waals surface area contributed by atoms with Crippen LogP contribution in [0.2, 0.25) is 0 Å². The Hall–Kier alpha value is -5.04. The van der Waals surface area contributed by atoms with Gasteiger partial charge in [0.05, 0.1) is 36.5 Å². The number of nitrogens with zero attached hydrogens (tertiary/aromatic N) is 5. The van der Waals surface area contributed by atoms with Gasteiger partial charge in [-0.05, 0) is 86.1 Å². The van der Waals surface area contributed by atoms with Gasteiger partial charge < -0.3 is 33.2 Å². The fourth-order valence-electron chi connectivity index (χ4n) is 6.52. The zero-order valence-corrected chi connectivity index (χ0v) is 27.9. The van der Waals surface area contributed by atoms with E-state index in [0.29, 0.717) is 13.0 Å². The Morgan fingerprint density at radius 3 is 2.54 bits per heavy atom. The largest absolute Gasteiger partial charge is 0.573 e. The highest BCUT2D eigenvalue weighted by atomic mass is 19.4. The van der Waals surface area contributed by atoms with E-state index >= 15 is 0 Å². The van der Waals surface area contributed by atoms with Gasteiger partial charge in [0.1, 0.15) is 23.1 Å². The Morgan fingerprint density at radius 2 is 1.80 bits per heavy atom. The molecule has 1 saturated heterocycles. The van der Waals surface area contributed by atoms with Crippen LogP contribution in [0.15, 0.2) is 89.5 Å². The Balaban J connectivity index is 1.15. The summed E-state index contributed by atoms with van der Waals surface area (Å²) in [7, 11) is 2.93. The maximum Gasteiger partial charge on any atom is 0.573 e. The second-order valence-electron chi connectivity index (χ2n) is 12.4. The first-order chi connectivity index (χ1) is 24.1. The molecule has 5 aromatic rings. The lowest BCUT2D eigenvalue weighted by Crippen LogP contribution is -2.35. The first-order valence-electron chi connectivity index (χ1n) is 16.5. The molecule has 0 N–H and O–H groups in total. The highest BCUT2D eigenvalue weighted by Crippen LogP contribution is 2.31. The third-order valence-corrected chi connectivity index (χ3v) is 9.01. The molecule has 1 fully saturated rings. The van der Waals surface area contributed by atoms with Crippen LogP contribution in [-0.2, 0) is 6.54 Å². The lowest BCUT2D eigenvalue weighted by Gasteiger charge is -2.28. The van der Waals surface area contributed by atoms with Crippen LogP contribution in [0, 0.1) is 5.82 Å². The van der Waals surface area contributed by atoms with Gasteiger partial charge >= 0.3 is 6.36 Å². The number of rotatable bonds is 12. The Labute approximate surface area is 287 Å². The number of fused-ring (bicyclic) bond motifs is 1. The number of halogens is 4. The molecule has 0 spiro atoms. The van der Waals surface area contributed by atoms with Crippen LogP contribution >= 0.6 is 0 Å². The molecular weight excluding hydrogens is 654 g/mol. The van der Waals surface area contributed by atoms with Crippen molar-refractivity contribution in [3.63, 3.8) is 0 Å². The lowest BCUT2D eigenvalue weighted by molar-refractivity contribution is -0.274. The summed E-state index contributed by atoms with van der Waals surface area (Å²) in [6, 6.07) is 21.5. The maximum absolute atomic E-state index is 13.9. The van der Waals surface area contributed by atoms with Gasteiger partial charge in [0, 0.05) is 39.1 Å². The summed E-state index contributed by atoms with van der Waals surface area (Å²) in [5.41, 5.74) is 2.77. The normalized spacial score (nSPS) is 14.8. The zero-order chi connectivity index (χ0) is 35.3. The van der Waals surface area contributed by atoms with E-state index in [0.717, 1.165) is 79.6 Å². The molecule has 50 heavy (non-hydrogen) atoms. The molecule has 0 saturated carbocycles. The summed E-state index contributed by atoms with van der Waals surface area (Å²) in [6.45, 7) is 4.78. The summed E-state index contributed by atoms with van der Waals surface area (Å²) in [5, 5.41) is 0. The third kappa shape index (κ3) is 8.39. The molecule has 0 aliphatic carbocycles. The number of anilines is 1. The van der Waals surface area contributed by atoms with Gasteiger partial charge in [-0.1, -0.05) is 24.3 Å². The van der Waals surface area contributed by atoms with Crippen molar-refractivity contribution in [3.05, 3.63) is 108 Å². The number of imidazole rings is 1. The smallest absolute Gasteiger partial charge is 0.496 e. The summed E-state index contributed by atoms with van der Waals surface area (Å²) in [5.74, 6) is 0.287. The number of methoxy groups -OCH3 is 1. The van der Waals surface area contributed by atoms with E-state index in [-0.39, 0.29) is 29.6 Å². The quantitative estimate of drug-likeness (QED) is 0.128. The minimum atomic E-state index is -4.91. The lowest BCUT2D eigenvalue weighted by atomic mass is 9.94. The molecular formula is C37H39F4N5O4. The molecule has 1 aliphatic rings. The zero-order valence-electron chi connectivity index (χ0n) is 27.9. The molecule has 9 nitrogen and oxygen atoms in total. The summed E-state index contributed by atoms with van der Waals surface area (Å²) in [4.78, 5) is 24.8. The molecule has 6 rings (SSSR count). The van der Waals surface area contributed by atoms with Crippen LogP contribution in [0.4, 0.5) is 23.5 Å². The first kappa shape index (κ1) is 34.8. The number of aromatic nitrogens is 2. The number of alkyl halides is 3. The minimum Gasteiger partial charge on any atom is -0.496 e. The van der Waals surface area contributed by atoms with Crippen LogP contribution in [0.25, 0.3) is 11.0 Å². The van der Waals surface area contributed by atoms with Crippen molar-refractivity contribution in [2.45, 2.75) is 31.7 Å². The van der Waals surface area contributed by atoms with Crippen molar-refractivity contribution >= 4 is 22.9 Å². The Kier molecular flexibility index (Phi) is 10.6. The minimum absolute atomic E-state index is 0.0553. The first-order valence-corrected chi connectivity index (χ1v) is 16.5. The Bertz CT molecular complexity index is 1880. The van der Waals surface area contributed by atoms with Crippen molar-refractivity contribution in [2.75, 3.05) is 58.3 Å². The van der Waals surface area contributed by atoms with Crippen LogP contribution in [0.1, 0.15) is 40.4 Å².